The lowest BCUT2D eigenvalue weighted by molar-refractivity contribution is 0.0600. The molecular weight excluding hydrogens is 376 g/mol. The van der Waals surface area contributed by atoms with Gasteiger partial charge >= 0.3 is 5.97 Å². The quantitative estimate of drug-likeness (QED) is 0.468. The van der Waals surface area contributed by atoms with Crippen LogP contribution in [0.5, 0.6) is 11.5 Å². The average molecular weight is 405 g/mol. The molecule has 0 fully saturated rings. The number of esters is 1. The van der Waals surface area contributed by atoms with E-state index in [0.29, 0.717) is 5.56 Å². The lowest BCUT2D eigenvalue weighted by atomic mass is 9.95. The molecule has 0 aliphatic carbocycles. The fourth-order valence-electron chi connectivity index (χ4n) is 3.54. The number of carbonyl (C=O) groups is 1. The number of aryl methyl sites for hydroxylation is 4. The fourth-order valence-corrected chi connectivity index (χ4v) is 3.54. The van der Waals surface area contributed by atoms with Gasteiger partial charge in [-0.15, -0.1) is 0 Å². The molecular formula is C26H28O4. The Hall–Kier alpha value is -3.27. The topological polar surface area (TPSA) is 44.8 Å². The van der Waals surface area contributed by atoms with Crippen molar-refractivity contribution in [3.63, 3.8) is 0 Å². The number of ether oxygens (including phenoxy) is 3. The standard InChI is InChI=1S/C26H28O4/c1-28-24-16-20(17-25(18-24)29-2)11-13-22-7-5-4-6-21(22)12-8-19-9-14-23(15-10-19)26(27)30-3/h4-7,9-10,14-18H,8,11-13H2,1-3H3. The number of rotatable bonds is 9. The van der Waals surface area contributed by atoms with E-state index < -0.39 is 0 Å². The molecule has 0 aliphatic heterocycles. The molecule has 0 atom stereocenters. The summed E-state index contributed by atoms with van der Waals surface area (Å²) in [6, 6.07) is 22.2. The van der Waals surface area contributed by atoms with Crippen molar-refractivity contribution in [2.24, 2.45) is 0 Å². The van der Waals surface area contributed by atoms with Crippen LogP contribution in [-0.2, 0) is 30.4 Å². The van der Waals surface area contributed by atoms with Gasteiger partial charge in [-0.05, 0) is 72.2 Å². The lowest BCUT2D eigenvalue weighted by Crippen LogP contribution is -2.02. The van der Waals surface area contributed by atoms with Gasteiger partial charge in [0, 0.05) is 6.07 Å². The second kappa shape index (κ2) is 10.5. The first-order valence-electron chi connectivity index (χ1n) is 10.1. The van der Waals surface area contributed by atoms with Gasteiger partial charge in [-0.2, -0.15) is 0 Å². The number of hydrogen-bond acceptors (Lipinski definition) is 4. The van der Waals surface area contributed by atoms with Gasteiger partial charge in [0.15, 0.2) is 0 Å². The molecule has 0 unspecified atom stereocenters. The average Bonchev–Trinajstić information content (AvgIpc) is 2.81. The van der Waals surface area contributed by atoms with E-state index in [1.807, 2.05) is 30.3 Å². The monoisotopic (exact) mass is 404 g/mol. The van der Waals surface area contributed by atoms with Crippen LogP contribution in [-0.4, -0.2) is 27.3 Å². The van der Waals surface area contributed by atoms with Crippen LogP contribution >= 0.6 is 0 Å². The van der Waals surface area contributed by atoms with Gasteiger partial charge in [-0.25, -0.2) is 4.79 Å². The highest BCUT2D eigenvalue weighted by atomic mass is 16.5. The molecule has 0 saturated carbocycles. The minimum Gasteiger partial charge on any atom is -0.497 e. The summed E-state index contributed by atoms with van der Waals surface area (Å²) in [5, 5.41) is 0. The number of carbonyl (C=O) groups excluding carboxylic acids is 1. The first kappa shape index (κ1) is 21.4. The highest BCUT2D eigenvalue weighted by molar-refractivity contribution is 5.89. The van der Waals surface area contributed by atoms with Crippen molar-refractivity contribution in [3.05, 3.63) is 94.5 Å². The zero-order valence-corrected chi connectivity index (χ0v) is 17.8. The normalized spacial score (nSPS) is 10.5. The lowest BCUT2D eigenvalue weighted by Gasteiger charge is -2.12. The van der Waals surface area contributed by atoms with Crippen molar-refractivity contribution in [2.45, 2.75) is 25.7 Å². The number of hydrogen-bond donors (Lipinski definition) is 0. The number of benzene rings is 3. The third-order valence-corrected chi connectivity index (χ3v) is 5.27. The second-order valence-electron chi connectivity index (χ2n) is 7.18. The Morgan fingerprint density at radius 1 is 0.667 bits per heavy atom. The highest BCUT2D eigenvalue weighted by Crippen LogP contribution is 2.24. The van der Waals surface area contributed by atoms with Crippen LogP contribution in [0.4, 0.5) is 0 Å². The van der Waals surface area contributed by atoms with Crippen LogP contribution in [0.2, 0.25) is 0 Å². The molecule has 156 valence electrons. The van der Waals surface area contributed by atoms with E-state index in [1.165, 1.54) is 29.4 Å². The molecule has 0 heterocycles. The zero-order chi connectivity index (χ0) is 21.3. The maximum absolute atomic E-state index is 11.6. The van der Waals surface area contributed by atoms with Crippen molar-refractivity contribution in [2.75, 3.05) is 21.3 Å². The summed E-state index contributed by atoms with van der Waals surface area (Å²) in [6.07, 6.45) is 3.74. The molecule has 0 radical (unpaired) electrons. The van der Waals surface area contributed by atoms with Crippen LogP contribution in [0.25, 0.3) is 0 Å². The van der Waals surface area contributed by atoms with Crippen molar-refractivity contribution >= 4 is 5.97 Å². The zero-order valence-electron chi connectivity index (χ0n) is 17.8. The molecule has 30 heavy (non-hydrogen) atoms. The van der Waals surface area contributed by atoms with Crippen molar-refractivity contribution in [1.29, 1.82) is 0 Å². The molecule has 0 aliphatic rings. The van der Waals surface area contributed by atoms with Crippen molar-refractivity contribution in [1.82, 2.24) is 0 Å². The molecule has 3 aromatic rings. The van der Waals surface area contributed by atoms with Crippen LogP contribution < -0.4 is 9.47 Å². The smallest absolute Gasteiger partial charge is 0.337 e. The summed E-state index contributed by atoms with van der Waals surface area (Å²) in [4.78, 5) is 11.6. The van der Waals surface area contributed by atoms with Gasteiger partial charge < -0.3 is 14.2 Å². The third kappa shape index (κ3) is 5.63. The summed E-state index contributed by atoms with van der Waals surface area (Å²) >= 11 is 0. The van der Waals surface area contributed by atoms with Gasteiger partial charge in [-0.3, -0.25) is 0 Å². The predicted octanol–water partition coefficient (Wildman–Crippen LogP) is 5.06. The van der Waals surface area contributed by atoms with Crippen molar-refractivity contribution in [3.8, 4) is 11.5 Å². The SMILES string of the molecule is COC(=O)c1ccc(CCc2ccccc2CCc2cc(OC)cc(OC)c2)cc1. The molecule has 0 bridgehead atoms. The number of methoxy groups -OCH3 is 3. The third-order valence-electron chi connectivity index (χ3n) is 5.27. The van der Waals surface area contributed by atoms with E-state index in [-0.39, 0.29) is 5.97 Å². The van der Waals surface area contributed by atoms with Gasteiger partial charge in [-0.1, -0.05) is 36.4 Å². The summed E-state index contributed by atoms with van der Waals surface area (Å²) < 4.78 is 15.5. The summed E-state index contributed by atoms with van der Waals surface area (Å²) in [6.45, 7) is 0. The van der Waals surface area contributed by atoms with Gasteiger partial charge in [0.05, 0.1) is 26.9 Å². The predicted molar refractivity (Wildman–Crippen MR) is 119 cm³/mol. The maximum atomic E-state index is 11.6. The van der Waals surface area contributed by atoms with Crippen LogP contribution in [0.1, 0.15) is 32.6 Å². The van der Waals surface area contributed by atoms with Crippen LogP contribution in [0, 0.1) is 0 Å². The van der Waals surface area contributed by atoms with E-state index >= 15 is 0 Å². The first-order valence-corrected chi connectivity index (χ1v) is 10.1. The largest absolute Gasteiger partial charge is 0.497 e. The molecule has 0 N–H and O–H groups in total. The molecule has 4 nitrogen and oxygen atoms in total. The first-order chi connectivity index (χ1) is 14.6. The van der Waals surface area contributed by atoms with E-state index in [9.17, 15) is 4.79 Å². The minimum atomic E-state index is -0.305. The fraction of sp³-hybridized carbons (Fsp3) is 0.269. The van der Waals surface area contributed by atoms with E-state index in [0.717, 1.165) is 37.2 Å². The minimum absolute atomic E-state index is 0.305. The molecule has 0 spiro atoms. The Morgan fingerprint density at radius 2 is 1.20 bits per heavy atom. The van der Waals surface area contributed by atoms with Crippen LogP contribution in [0.15, 0.2) is 66.7 Å². The Labute approximate surface area is 178 Å². The Kier molecular flexibility index (Phi) is 7.50. The van der Waals surface area contributed by atoms with Crippen molar-refractivity contribution < 1.29 is 19.0 Å². The highest BCUT2D eigenvalue weighted by Gasteiger charge is 2.08. The molecule has 3 aromatic carbocycles. The van der Waals surface area contributed by atoms with Gasteiger partial charge in [0.25, 0.3) is 0 Å². The summed E-state index contributed by atoms with van der Waals surface area (Å²) in [7, 11) is 4.74. The molecule has 0 amide bonds. The van der Waals surface area contributed by atoms with Gasteiger partial charge in [0.1, 0.15) is 11.5 Å². The summed E-state index contributed by atoms with van der Waals surface area (Å²) in [5.41, 5.74) is 5.68. The summed E-state index contributed by atoms with van der Waals surface area (Å²) in [5.74, 6) is 1.32. The van der Waals surface area contributed by atoms with E-state index in [1.54, 1.807) is 14.2 Å². The Bertz CT molecular complexity index is 954. The maximum Gasteiger partial charge on any atom is 0.337 e. The van der Waals surface area contributed by atoms with Gasteiger partial charge in [0.2, 0.25) is 0 Å². The molecule has 3 rings (SSSR count). The van der Waals surface area contributed by atoms with Crippen LogP contribution in [0.3, 0.4) is 0 Å². The Balaban J connectivity index is 1.65. The van der Waals surface area contributed by atoms with E-state index in [4.69, 9.17) is 14.2 Å². The second-order valence-corrected chi connectivity index (χ2v) is 7.18. The molecule has 0 saturated heterocycles. The molecule has 4 heteroatoms. The molecule has 0 aromatic heterocycles. The Morgan fingerprint density at radius 3 is 1.70 bits per heavy atom. The van der Waals surface area contributed by atoms with E-state index in [2.05, 4.69) is 36.4 Å².